The molecule has 3 N–H and O–H groups in total. The van der Waals surface area contributed by atoms with E-state index in [0.29, 0.717) is 6.54 Å². The van der Waals surface area contributed by atoms with E-state index in [0.717, 1.165) is 23.1 Å². The zero-order chi connectivity index (χ0) is 15.3. The Morgan fingerprint density at radius 3 is 2.19 bits per heavy atom. The molecule has 2 aromatic rings. The molecule has 5 heteroatoms. The molecule has 0 atom stereocenters. The van der Waals surface area contributed by atoms with Gasteiger partial charge in [0.25, 0.3) is 0 Å². The molecule has 0 unspecified atom stereocenters. The van der Waals surface area contributed by atoms with Crippen LogP contribution in [0.4, 0.5) is 0 Å². The highest BCUT2D eigenvalue weighted by Crippen LogP contribution is 2.13. The average molecular weight is 304 g/mol. The quantitative estimate of drug-likeness (QED) is 0.859. The first-order valence-corrected chi connectivity index (χ1v) is 8.40. The fraction of sp³-hybridized carbons (Fsp3) is 0.250. The third-order valence-electron chi connectivity index (χ3n) is 3.43. The van der Waals surface area contributed by atoms with Gasteiger partial charge in [0.2, 0.25) is 10.0 Å². The normalized spacial score (nSPS) is 11.5. The SMILES string of the molecule is CCc1ccc(S(=O)(=O)NCc2ccccc2CN)cc1. The molecule has 0 fully saturated rings. The van der Waals surface area contributed by atoms with Crippen molar-refractivity contribution in [2.24, 2.45) is 5.73 Å². The molecule has 4 nitrogen and oxygen atoms in total. The molecule has 2 aromatic carbocycles. The van der Waals surface area contributed by atoms with Gasteiger partial charge in [-0.15, -0.1) is 0 Å². The predicted octanol–water partition coefficient (Wildman–Crippen LogP) is 2.19. The standard InChI is InChI=1S/C16H20N2O2S/c1-2-13-7-9-16(10-8-13)21(19,20)18-12-15-6-4-3-5-14(15)11-17/h3-10,18H,2,11-12,17H2,1H3. The van der Waals surface area contributed by atoms with Crippen LogP contribution in [-0.2, 0) is 29.5 Å². The van der Waals surface area contributed by atoms with Crippen LogP contribution in [0.5, 0.6) is 0 Å². The van der Waals surface area contributed by atoms with Crippen molar-refractivity contribution in [2.75, 3.05) is 0 Å². The van der Waals surface area contributed by atoms with E-state index in [4.69, 9.17) is 5.73 Å². The average Bonchev–Trinajstić information content (AvgIpc) is 2.53. The van der Waals surface area contributed by atoms with Crippen LogP contribution in [0.15, 0.2) is 53.4 Å². The summed E-state index contributed by atoms with van der Waals surface area (Å²) in [6.07, 6.45) is 0.887. The highest BCUT2D eigenvalue weighted by Gasteiger charge is 2.14. The van der Waals surface area contributed by atoms with Crippen molar-refractivity contribution in [3.05, 3.63) is 65.2 Å². The van der Waals surface area contributed by atoms with Crippen molar-refractivity contribution >= 4 is 10.0 Å². The summed E-state index contributed by atoms with van der Waals surface area (Å²) in [5.74, 6) is 0. The van der Waals surface area contributed by atoms with E-state index in [1.807, 2.05) is 43.3 Å². The first-order chi connectivity index (χ1) is 10.1. The zero-order valence-corrected chi connectivity index (χ0v) is 12.9. The Morgan fingerprint density at radius 1 is 1.00 bits per heavy atom. The summed E-state index contributed by atoms with van der Waals surface area (Å²) in [4.78, 5) is 0.282. The number of nitrogens with one attached hydrogen (secondary N) is 1. The Kier molecular flexibility index (Phi) is 5.12. The predicted molar refractivity (Wildman–Crippen MR) is 84.2 cm³/mol. The van der Waals surface area contributed by atoms with Gasteiger partial charge in [-0.1, -0.05) is 43.3 Å². The summed E-state index contributed by atoms with van der Waals surface area (Å²) in [6.45, 7) is 2.67. The Morgan fingerprint density at radius 2 is 1.62 bits per heavy atom. The fourth-order valence-electron chi connectivity index (χ4n) is 2.09. The van der Waals surface area contributed by atoms with Crippen LogP contribution >= 0.6 is 0 Å². The topological polar surface area (TPSA) is 72.2 Å². The lowest BCUT2D eigenvalue weighted by atomic mass is 10.1. The van der Waals surface area contributed by atoms with Gasteiger partial charge in [0, 0.05) is 13.1 Å². The molecule has 0 saturated heterocycles. The summed E-state index contributed by atoms with van der Waals surface area (Å²) in [7, 11) is -3.50. The number of benzene rings is 2. The third-order valence-corrected chi connectivity index (χ3v) is 4.85. The second-order valence-corrected chi connectivity index (χ2v) is 6.56. The van der Waals surface area contributed by atoms with Gasteiger partial charge in [0.15, 0.2) is 0 Å². The van der Waals surface area contributed by atoms with Gasteiger partial charge < -0.3 is 5.73 Å². The van der Waals surface area contributed by atoms with Gasteiger partial charge in [0.1, 0.15) is 0 Å². The largest absolute Gasteiger partial charge is 0.326 e. The van der Waals surface area contributed by atoms with E-state index in [-0.39, 0.29) is 11.4 Å². The highest BCUT2D eigenvalue weighted by molar-refractivity contribution is 7.89. The van der Waals surface area contributed by atoms with Gasteiger partial charge in [-0.3, -0.25) is 0 Å². The third kappa shape index (κ3) is 3.91. The second kappa shape index (κ2) is 6.85. The van der Waals surface area contributed by atoms with Crippen molar-refractivity contribution in [1.29, 1.82) is 0 Å². The Balaban J connectivity index is 2.13. The van der Waals surface area contributed by atoms with Crippen LogP contribution in [0.3, 0.4) is 0 Å². The van der Waals surface area contributed by atoms with Crippen molar-refractivity contribution < 1.29 is 8.42 Å². The summed E-state index contributed by atoms with van der Waals surface area (Å²) in [6, 6.07) is 14.5. The van der Waals surface area contributed by atoms with E-state index < -0.39 is 10.0 Å². The van der Waals surface area contributed by atoms with Crippen LogP contribution in [0.1, 0.15) is 23.6 Å². The van der Waals surface area contributed by atoms with Crippen molar-refractivity contribution in [3.8, 4) is 0 Å². The molecule has 2 rings (SSSR count). The number of aryl methyl sites for hydroxylation is 1. The second-order valence-electron chi connectivity index (χ2n) is 4.79. The summed E-state index contributed by atoms with van der Waals surface area (Å²) in [5, 5.41) is 0. The molecule has 0 spiro atoms. The number of hydrogen-bond acceptors (Lipinski definition) is 3. The van der Waals surface area contributed by atoms with E-state index >= 15 is 0 Å². The molecule has 0 aliphatic rings. The molecular weight excluding hydrogens is 284 g/mol. The molecule has 0 aromatic heterocycles. The lowest BCUT2D eigenvalue weighted by Crippen LogP contribution is -2.24. The van der Waals surface area contributed by atoms with Gasteiger partial charge in [-0.05, 0) is 35.2 Å². The van der Waals surface area contributed by atoms with Crippen LogP contribution in [-0.4, -0.2) is 8.42 Å². The van der Waals surface area contributed by atoms with Crippen molar-refractivity contribution in [1.82, 2.24) is 4.72 Å². The molecule has 0 heterocycles. The number of rotatable bonds is 6. The van der Waals surface area contributed by atoms with Crippen LogP contribution in [0.2, 0.25) is 0 Å². The maximum absolute atomic E-state index is 12.3. The summed E-state index contributed by atoms with van der Waals surface area (Å²) in [5.41, 5.74) is 8.61. The first kappa shape index (κ1) is 15.7. The minimum absolute atomic E-state index is 0.241. The molecule has 0 radical (unpaired) electrons. The lowest BCUT2D eigenvalue weighted by Gasteiger charge is -2.10. The van der Waals surface area contributed by atoms with E-state index in [1.54, 1.807) is 12.1 Å². The minimum atomic E-state index is -3.50. The van der Waals surface area contributed by atoms with Gasteiger partial charge in [-0.2, -0.15) is 0 Å². The number of nitrogens with two attached hydrogens (primary N) is 1. The Bertz CT molecular complexity index is 694. The maximum Gasteiger partial charge on any atom is 0.240 e. The van der Waals surface area contributed by atoms with E-state index in [2.05, 4.69) is 4.72 Å². The Hall–Kier alpha value is -1.69. The molecule has 0 amide bonds. The maximum atomic E-state index is 12.3. The van der Waals surface area contributed by atoms with Gasteiger partial charge >= 0.3 is 0 Å². The monoisotopic (exact) mass is 304 g/mol. The molecule has 0 aliphatic heterocycles. The lowest BCUT2D eigenvalue weighted by molar-refractivity contribution is 0.581. The van der Waals surface area contributed by atoms with E-state index in [9.17, 15) is 8.42 Å². The number of hydrogen-bond donors (Lipinski definition) is 2. The number of sulfonamides is 1. The molecule has 0 aliphatic carbocycles. The summed E-state index contributed by atoms with van der Waals surface area (Å²) < 4.78 is 27.1. The Labute approximate surface area is 126 Å². The van der Waals surface area contributed by atoms with Crippen LogP contribution < -0.4 is 10.5 Å². The molecule has 112 valence electrons. The van der Waals surface area contributed by atoms with E-state index in [1.165, 1.54) is 0 Å². The van der Waals surface area contributed by atoms with Crippen LogP contribution in [0, 0.1) is 0 Å². The molecule has 0 saturated carbocycles. The van der Waals surface area contributed by atoms with Gasteiger partial charge in [0.05, 0.1) is 4.90 Å². The van der Waals surface area contributed by atoms with Crippen molar-refractivity contribution in [2.45, 2.75) is 31.3 Å². The molecular formula is C16H20N2O2S. The molecule has 0 bridgehead atoms. The minimum Gasteiger partial charge on any atom is -0.326 e. The fourth-order valence-corrected chi connectivity index (χ4v) is 3.10. The zero-order valence-electron chi connectivity index (χ0n) is 12.0. The highest BCUT2D eigenvalue weighted by atomic mass is 32.2. The smallest absolute Gasteiger partial charge is 0.240 e. The first-order valence-electron chi connectivity index (χ1n) is 6.92. The van der Waals surface area contributed by atoms with Crippen LogP contribution in [0.25, 0.3) is 0 Å². The molecule has 21 heavy (non-hydrogen) atoms. The summed E-state index contributed by atoms with van der Waals surface area (Å²) >= 11 is 0. The van der Waals surface area contributed by atoms with Crippen molar-refractivity contribution in [3.63, 3.8) is 0 Å². The van der Waals surface area contributed by atoms with Gasteiger partial charge in [-0.25, -0.2) is 13.1 Å².